The van der Waals surface area contributed by atoms with E-state index in [-0.39, 0.29) is 21.1 Å². The number of benzene rings is 3. The van der Waals surface area contributed by atoms with Crippen LogP contribution in [0.4, 0.5) is 22.0 Å². The minimum Gasteiger partial charge on any atom is -0.295 e. The van der Waals surface area contributed by atoms with Crippen molar-refractivity contribution >= 4 is 10.8 Å². The summed E-state index contributed by atoms with van der Waals surface area (Å²) in [6, 6.07) is 28.6. The van der Waals surface area contributed by atoms with Gasteiger partial charge in [-0.05, 0) is 23.9 Å². The fourth-order valence-corrected chi connectivity index (χ4v) is 3.01. The second-order valence-electron chi connectivity index (χ2n) is 6.79. The first-order valence-electron chi connectivity index (χ1n) is 9.64. The zero-order chi connectivity index (χ0) is 23.4. The molecule has 172 valence electrons. The molecule has 0 bridgehead atoms. The molecule has 34 heavy (non-hydrogen) atoms. The Morgan fingerprint density at radius 2 is 1.24 bits per heavy atom. The molecule has 0 aliphatic carbocycles. The van der Waals surface area contributed by atoms with Crippen molar-refractivity contribution < 1.29 is 43.0 Å². The predicted molar refractivity (Wildman–Crippen MR) is 114 cm³/mol. The van der Waals surface area contributed by atoms with Crippen LogP contribution >= 0.6 is 0 Å². The molecule has 0 N–H and O–H groups in total. The minimum absolute atomic E-state index is 0. The van der Waals surface area contributed by atoms with Crippen LogP contribution < -0.4 is 0 Å². The number of nitrogens with zero attached hydrogens (tertiary/aromatic N) is 2. The van der Waals surface area contributed by atoms with Gasteiger partial charge in [-0.15, -0.1) is 35.2 Å². The molecule has 0 unspecified atom stereocenters. The van der Waals surface area contributed by atoms with E-state index in [2.05, 4.69) is 29.2 Å². The van der Waals surface area contributed by atoms with E-state index in [0.29, 0.717) is 0 Å². The smallest absolute Gasteiger partial charge is 0.295 e. The van der Waals surface area contributed by atoms with Crippen molar-refractivity contribution in [1.82, 2.24) is 9.97 Å². The molecule has 8 heteroatoms. The number of hydrogen-bond acceptors (Lipinski definition) is 2. The summed E-state index contributed by atoms with van der Waals surface area (Å²) in [4.78, 5) is 9.09. The van der Waals surface area contributed by atoms with Crippen LogP contribution in [0.15, 0.2) is 79.0 Å². The molecule has 0 saturated carbocycles. The fraction of sp³-hybridized carbons (Fsp3) is 0. The van der Waals surface area contributed by atoms with Crippen molar-refractivity contribution in [3.05, 3.63) is 120 Å². The van der Waals surface area contributed by atoms with Crippen molar-refractivity contribution in [1.29, 1.82) is 0 Å². The van der Waals surface area contributed by atoms with E-state index in [9.17, 15) is 22.0 Å². The standard InChI is InChI=1S/C20H13N2.C6F5.Pt/c1-2-7-16-14-17(12-11-15(16)6-1)18-9-5-10-20(22-18)19-8-3-4-13-21-19;7-2-1-3(8)5(10)6(11)4(2)9;/h1-11,13-14H;;/q2*-1;+2. The number of aromatic nitrogens is 2. The molecule has 0 spiro atoms. The van der Waals surface area contributed by atoms with Gasteiger partial charge >= 0.3 is 21.1 Å². The maximum absolute atomic E-state index is 12.0. The molecule has 0 radical (unpaired) electrons. The normalized spacial score (nSPS) is 10.3. The van der Waals surface area contributed by atoms with Gasteiger partial charge in [0.2, 0.25) is 0 Å². The first-order valence-corrected chi connectivity index (χ1v) is 9.64. The minimum atomic E-state index is -2.17. The molecule has 3 aromatic carbocycles. The average Bonchev–Trinajstić information content (AvgIpc) is 2.87. The average molecular weight is 643 g/mol. The summed E-state index contributed by atoms with van der Waals surface area (Å²) >= 11 is 0. The first-order chi connectivity index (χ1) is 15.9. The zero-order valence-electron chi connectivity index (χ0n) is 17.1. The molecule has 5 aromatic rings. The van der Waals surface area contributed by atoms with Crippen LogP contribution in [0.5, 0.6) is 0 Å². The van der Waals surface area contributed by atoms with Crippen LogP contribution in [0.1, 0.15) is 0 Å². The van der Waals surface area contributed by atoms with Gasteiger partial charge in [0, 0.05) is 6.20 Å². The maximum atomic E-state index is 12.0. The molecule has 0 aliphatic heterocycles. The second kappa shape index (κ2) is 11.1. The summed E-state index contributed by atoms with van der Waals surface area (Å²) in [5.74, 6) is -10.0. The van der Waals surface area contributed by atoms with Crippen molar-refractivity contribution in [2.45, 2.75) is 0 Å². The molecular weight excluding hydrogens is 630 g/mol. The van der Waals surface area contributed by atoms with E-state index in [0.717, 1.165) is 28.7 Å². The topological polar surface area (TPSA) is 25.8 Å². The quantitative estimate of drug-likeness (QED) is 0.0902. The number of rotatable bonds is 2. The number of hydrogen-bond donors (Lipinski definition) is 0. The monoisotopic (exact) mass is 643 g/mol. The number of halogens is 5. The van der Waals surface area contributed by atoms with Crippen molar-refractivity contribution in [2.75, 3.05) is 0 Å². The number of fused-ring (bicyclic) bond motifs is 1. The molecule has 5 rings (SSSR count). The Hall–Kier alpha value is -3.44. The van der Waals surface area contributed by atoms with E-state index < -0.39 is 29.1 Å². The van der Waals surface area contributed by atoms with Crippen molar-refractivity contribution in [3.63, 3.8) is 0 Å². The third kappa shape index (κ3) is 5.54. The summed E-state index contributed by atoms with van der Waals surface area (Å²) < 4.78 is 59.9. The Morgan fingerprint density at radius 3 is 1.91 bits per heavy atom. The molecule has 0 fully saturated rings. The van der Waals surface area contributed by atoms with Gasteiger partial charge in [0.05, 0.1) is 40.5 Å². The van der Waals surface area contributed by atoms with E-state index in [1.165, 1.54) is 10.8 Å². The molecule has 0 atom stereocenters. The molecule has 2 heterocycles. The molecule has 0 aliphatic rings. The van der Waals surface area contributed by atoms with Crippen LogP contribution in [0.3, 0.4) is 0 Å². The summed E-state index contributed by atoms with van der Waals surface area (Å²) in [5, 5.41) is 2.38. The van der Waals surface area contributed by atoms with Gasteiger partial charge in [0.1, 0.15) is 0 Å². The van der Waals surface area contributed by atoms with Gasteiger partial charge in [-0.25, -0.2) is 13.2 Å². The van der Waals surface area contributed by atoms with Crippen LogP contribution in [0.2, 0.25) is 0 Å². The van der Waals surface area contributed by atoms with E-state index in [4.69, 9.17) is 4.98 Å². The Bertz CT molecular complexity index is 1400. The summed E-state index contributed by atoms with van der Waals surface area (Å²) in [6.07, 6.45) is 1.78. The van der Waals surface area contributed by atoms with E-state index in [1.807, 2.05) is 54.6 Å². The van der Waals surface area contributed by atoms with Crippen LogP contribution in [0, 0.1) is 41.2 Å². The Kier molecular flexibility index (Phi) is 8.24. The van der Waals surface area contributed by atoms with Gasteiger partial charge in [0.25, 0.3) is 0 Å². The van der Waals surface area contributed by atoms with Crippen LogP contribution in [-0.4, -0.2) is 9.97 Å². The van der Waals surface area contributed by atoms with E-state index in [1.54, 1.807) is 6.20 Å². The largest absolute Gasteiger partial charge is 2.00 e. The molecule has 2 nitrogen and oxygen atoms in total. The third-order valence-corrected chi connectivity index (χ3v) is 4.62. The van der Waals surface area contributed by atoms with Crippen LogP contribution in [0.25, 0.3) is 33.4 Å². The number of pyridine rings is 2. The molecule has 2 aromatic heterocycles. The second-order valence-corrected chi connectivity index (χ2v) is 6.79. The molecule has 0 saturated heterocycles. The van der Waals surface area contributed by atoms with Gasteiger partial charge in [0.15, 0.2) is 0 Å². The molecular formula is C26H13F5N2Pt. The van der Waals surface area contributed by atoms with Crippen molar-refractivity contribution in [3.8, 4) is 22.6 Å². The van der Waals surface area contributed by atoms with E-state index >= 15 is 0 Å². The summed E-state index contributed by atoms with van der Waals surface area (Å²) in [6.45, 7) is 0. The Labute approximate surface area is 206 Å². The molecule has 0 amide bonds. The third-order valence-electron chi connectivity index (χ3n) is 4.62. The van der Waals surface area contributed by atoms with Gasteiger partial charge < -0.3 is 0 Å². The van der Waals surface area contributed by atoms with Gasteiger partial charge in [-0.2, -0.15) is 0 Å². The SMILES string of the molecule is Fc1[c-]c(F)c(F)c(F)c1F.[Pt+2].[c-]1cc2ccccc2cc1-c1cccc(-c2ccccn2)n1. The predicted octanol–water partition coefficient (Wildman–Crippen LogP) is 6.94. The van der Waals surface area contributed by atoms with Crippen molar-refractivity contribution in [2.24, 2.45) is 0 Å². The summed E-state index contributed by atoms with van der Waals surface area (Å²) in [7, 11) is 0. The van der Waals surface area contributed by atoms with Gasteiger partial charge in [-0.3, -0.25) is 18.7 Å². The Balaban J connectivity index is 0.000000231. The van der Waals surface area contributed by atoms with Gasteiger partial charge in [-0.1, -0.05) is 47.9 Å². The van der Waals surface area contributed by atoms with Crippen LogP contribution in [-0.2, 0) is 21.1 Å². The fourth-order valence-electron chi connectivity index (χ4n) is 3.01. The Morgan fingerprint density at radius 1 is 0.618 bits per heavy atom. The maximum Gasteiger partial charge on any atom is 2.00 e. The zero-order valence-corrected chi connectivity index (χ0v) is 19.4. The first kappa shape index (κ1) is 25.2. The summed E-state index contributed by atoms with van der Waals surface area (Å²) in [5.41, 5.74) is 3.66.